The molecule has 2 aromatic heterocycles. The maximum Gasteiger partial charge on any atom is 0.433 e. The van der Waals surface area contributed by atoms with Gasteiger partial charge in [-0.2, -0.15) is 5.10 Å². The zero-order valence-corrected chi connectivity index (χ0v) is 12.4. The van der Waals surface area contributed by atoms with Crippen LogP contribution in [0.1, 0.15) is 24.7 Å². The number of hydrogen-bond acceptors (Lipinski definition) is 9. The van der Waals surface area contributed by atoms with Gasteiger partial charge in [-0.3, -0.25) is 25.2 Å². The molecule has 3 heterocycles. The molecular formula is C13H12N4O7. The molecule has 11 nitrogen and oxygen atoms in total. The molecule has 1 aliphatic heterocycles. The molecule has 0 saturated carbocycles. The third-order valence-electron chi connectivity index (χ3n) is 3.24. The second kappa shape index (κ2) is 6.12. The Morgan fingerprint density at radius 1 is 1.17 bits per heavy atom. The van der Waals surface area contributed by atoms with Gasteiger partial charge in [-0.15, -0.1) is 0 Å². The summed E-state index contributed by atoms with van der Waals surface area (Å²) in [5.74, 6) is -0.335. The molecule has 2 atom stereocenters. The maximum absolute atomic E-state index is 10.7. The van der Waals surface area contributed by atoms with Crippen molar-refractivity contribution in [1.29, 1.82) is 0 Å². The molecule has 0 spiro atoms. The average Bonchev–Trinajstić information content (AvgIpc) is 3.24. The quantitative estimate of drug-likeness (QED) is 0.461. The van der Waals surface area contributed by atoms with Crippen molar-refractivity contribution in [3.63, 3.8) is 0 Å². The fourth-order valence-corrected chi connectivity index (χ4v) is 2.23. The van der Waals surface area contributed by atoms with Gasteiger partial charge in [0, 0.05) is 0 Å². The van der Waals surface area contributed by atoms with Crippen LogP contribution in [0, 0.1) is 20.2 Å². The lowest BCUT2D eigenvalue weighted by Crippen LogP contribution is -2.18. The normalized spacial score (nSPS) is 20.8. The summed E-state index contributed by atoms with van der Waals surface area (Å²) in [5.41, 5.74) is 0. The van der Waals surface area contributed by atoms with Crippen molar-refractivity contribution in [2.75, 3.05) is 6.54 Å². The fraction of sp³-hybridized carbons (Fsp3) is 0.308. The van der Waals surface area contributed by atoms with Gasteiger partial charge in [0.25, 0.3) is 0 Å². The van der Waals surface area contributed by atoms with Crippen LogP contribution >= 0.6 is 0 Å². The van der Waals surface area contributed by atoms with Gasteiger partial charge in [-0.1, -0.05) is 0 Å². The second-order valence-corrected chi connectivity index (χ2v) is 5.03. The van der Waals surface area contributed by atoms with Gasteiger partial charge in [0.2, 0.25) is 6.23 Å². The predicted octanol–water partition coefficient (Wildman–Crippen LogP) is 2.44. The average molecular weight is 336 g/mol. The molecular weight excluding hydrogens is 324 g/mol. The highest BCUT2D eigenvalue weighted by Crippen LogP contribution is 2.33. The molecule has 0 amide bonds. The lowest BCUT2D eigenvalue weighted by Gasteiger charge is -2.16. The summed E-state index contributed by atoms with van der Waals surface area (Å²) in [5, 5.41) is 27.0. The summed E-state index contributed by atoms with van der Waals surface area (Å²) in [6.07, 6.45) is 0.399. The van der Waals surface area contributed by atoms with E-state index in [2.05, 4.69) is 5.10 Å². The molecule has 11 heteroatoms. The fourth-order valence-electron chi connectivity index (χ4n) is 2.23. The summed E-state index contributed by atoms with van der Waals surface area (Å²) in [4.78, 5) is 20.0. The number of furan rings is 2. The van der Waals surface area contributed by atoms with Crippen molar-refractivity contribution >= 4 is 18.0 Å². The molecule has 0 aromatic carbocycles. The van der Waals surface area contributed by atoms with E-state index in [9.17, 15) is 20.2 Å². The van der Waals surface area contributed by atoms with E-state index in [1.165, 1.54) is 35.5 Å². The number of rotatable bonds is 5. The maximum atomic E-state index is 10.7. The molecule has 3 rings (SSSR count). The first-order chi connectivity index (χ1) is 11.4. The van der Waals surface area contributed by atoms with Gasteiger partial charge >= 0.3 is 11.8 Å². The van der Waals surface area contributed by atoms with E-state index < -0.39 is 22.0 Å². The third-order valence-corrected chi connectivity index (χ3v) is 3.24. The van der Waals surface area contributed by atoms with Crippen molar-refractivity contribution in [3.8, 4) is 0 Å². The summed E-state index contributed by atoms with van der Waals surface area (Å²) in [7, 11) is 0. The van der Waals surface area contributed by atoms with Crippen molar-refractivity contribution in [2.24, 2.45) is 5.10 Å². The zero-order chi connectivity index (χ0) is 17.3. The molecule has 2 aromatic rings. The van der Waals surface area contributed by atoms with Crippen LogP contribution < -0.4 is 0 Å². The van der Waals surface area contributed by atoms with Crippen molar-refractivity contribution < 1.29 is 23.4 Å². The minimum absolute atomic E-state index is 0.178. The minimum Gasteiger partial charge on any atom is -0.401 e. The molecule has 0 radical (unpaired) electrons. The molecule has 1 saturated heterocycles. The molecule has 2 unspecified atom stereocenters. The van der Waals surface area contributed by atoms with Crippen LogP contribution in [0.25, 0.3) is 0 Å². The van der Waals surface area contributed by atoms with E-state index in [1.54, 1.807) is 0 Å². The Labute approximate surface area is 134 Å². The van der Waals surface area contributed by atoms with Crippen LogP contribution in [0.2, 0.25) is 0 Å². The summed E-state index contributed by atoms with van der Waals surface area (Å²) in [6, 6.07) is 5.31. The smallest absolute Gasteiger partial charge is 0.401 e. The first-order valence-electron chi connectivity index (χ1n) is 6.88. The zero-order valence-electron chi connectivity index (χ0n) is 12.4. The molecule has 0 N–H and O–H groups in total. The highest BCUT2D eigenvalue weighted by Gasteiger charge is 2.34. The van der Waals surface area contributed by atoms with E-state index in [-0.39, 0.29) is 23.5 Å². The number of nitro groups is 2. The summed E-state index contributed by atoms with van der Waals surface area (Å²) >= 11 is 0. The van der Waals surface area contributed by atoms with Crippen molar-refractivity contribution in [2.45, 2.75) is 19.3 Å². The van der Waals surface area contributed by atoms with E-state index in [1.807, 2.05) is 6.92 Å². The Kier molecular flexibility index (Phi) is 4.00. The topological polar surface area (TPSA) is 137 Å². The first kappa shape index (κ1) is 15.7. The molecule has 1 fully saturated rings. The summed E-state index contributed by atoms with van der Waals surface area (Å²) < 4.78 is 15.8. The first-order valence-corrected chi connectivity index (χ1v) is 6.88. The standard InChI is InChI=1S/C13H12N4O7/c1-8-7-15(14-6-9-2-4-11(23-9)16(18)19)13(22-8)10-3-5-12(24-10)17(20)21/h2-6,8,13H,7H2,1H3/b14-6+. The number of hydrogen-bond donors (Lipinski definition) is 0. The lowest BCUT2D eigenvalue weighted by atomic mass is 10.4. The lowest BCUT2D eigenvalue weighted by molar-refractivity contribution is -0.402. The monoisotopic (exact) mass is 336 g/mol. The van der Waals surface area contributed by atoms with Gasteiger partial charge < -0.3 is 13.6 Å². The Morgan fingerprint density at radius 2 is 1.83 bits per heavy atom. The van der Waals surface area contributed by atoms with Crippen LogP contribution in [-0.4, -0.2) is 33.7 Å². The number of ether oxygens (including phenoxy) is 1. The van der Waals surface area contributed by atoms with Gasteiger partial charge in [0.05, 0.1) is 31.0 Å². The highest BCUT2D eigenvalue weighted by atomic mass is 16.7. The molecule has 24 heavy (non-hydrogen) atoms. The number of nitrogens with zero attached hydrogens (tertiary/aromatic N) is 4. The van der Waals surface area contributed by atoms with Gasteiger partial charge in [0.1, 0.15) is 9.85 Å². The third kappa shape index (κ3) is 3.10. The van der Waals surface area contributed by atoms with Gasteiger partial charge in [-0.05, 0) is 19.1 Å². The van der Waals surface area contributed by atoms with E-state index in [4.69, 9.17) is 13.6 Å². The Morgan fingerprint density at radius 3 is 2.46 bits per heavy atom. The molecule has 1 aliphatic rings. The van der Waals surface area contributed by atoms with Gasteiger partial charge in [-0.25, -0.2) is 0 Å². The Hall–Kier alpha value is -3.21. The Balaban J connectivity index is 1.78. The SMILES string of the molecule is CC1CN(/N=C/c2ccc([N+](=O)[O-])o2)C(c2ccc([N+](=O)[O-])o2)O1. The largest absolute Gasteiger partial charge is 0.433 e. The minimum atomic E-state index is -0.727. The Bertz CT molecular complexity index is 796. The van der Waals surface area contributed by atoms with Crippen LogP contribution in [0.3, 0.4) is 0 Å². The molecule has 0 aliphatic carbocycles. The predicted molar refractivity (Wildman–Crippen MR) is 78.3 cm³/mol. The van der Waals surface area contributed by atoms with Crippen LogP contribution in [-0.2, 0) is 4.74 Å². The number of hydrazone groups is 1. The van der Waals surface area contributed by atoms with Crippen LogP contribution in [0.5, 0.6) is 0 Å². The van der Waals surface area contributed by atoms with E-state index in [0.717, 1.165) is 0 Å². The summed E-state index contributed by atoms with van der Waals surface area (Å²) in [6.45, 7) is 2.23. The van der Waals surface area contributed by atoms with Crippen molar-refractivity contribution in [3.05, 3.63) is 56.0 Å². The highest BCUT2D eigenvalue weighted by molar-refractivity contribution is 5.76. The second-order valence-electron chi connectivity index (χ2n) is 5.03. The van der Waals surface area contributed by atoms with E-state index >= 15 is 0 Å². The van der Waals surface area contributed by atoms with Crippen LogP contribution in [0.15, 0.2) is 38.2 Å². The van der Waals surface area contributed by atoms with E-state index in [0.29, 0.717) is 6.54 Å². The van der Waals surface area contributed by atoms with Crippen molar-refractivity contribution in [1.82, 2.24) is 5.01 Å². The van der Waals surface area contributed by atoms with Crippen LogP contribution in [0.4, 0.5) is 11.8 Å². The van der Waals surface area contributed by atoms with Gasteiger partial charge in [0.15, 0.2) is 11.5 Å². The molecule has 126 valence electrons. The molecule has 0 bridgehead atoms.